The fraction of sp³-hybridized carbons (Fsp3) is 0.261. The summed E-state index contributed by atoms with van der Waals surface area (Å²) < 4.78 is 19.7. The molecule has 5 rings (SSSR count). The summed E-state index contributed by atoms with van der Waals surface area (Å²) in [5.41, 5.74) is -0.939. The Bertz CT molecular complexity index is 1310. The SMILES string of the molecule is CC(C)CN1C(=O)c2oc3ccc(F)cc3c(=O)c2[C@@]12C(=O)N(C)c1ccccc12. The predicted molar refractivity (Wildman–Crippen MR) is 109 cm³/mol. The van der Waals surface area contributed by atoms with Gasteiger partial charge in [0.25, 0.3) is 11.8 Å². The van der Waals surface area contributed by atoms with Crippen molar-refractivity contribution in [2.75, 3.05) is 18.5 Å². The normalized spacial score (nSPS) is 20.0. The summed E-state index contributed by atoms with van der Waals surface area (Å²) in [6.07, 6.45) is 0. The number of nitrogens with zero attached hydrogens (tertiary/aromatic N) is 2. The second-order valence-corrected chi connectivity index (χ2v) is 8.18. The Morgan fingerprint density at radius 1 is 1.10 bits per heavy atom. The van der Waals surface area contributed by atoms with Crippen molar-refractivity contribution in [1.29, 1.82) is 0 Å². The Kier molecular flexibility index (Phi) is 3.72. The zero-order chi connectivity index (χ0) is 21.4. The van der Waals surface area contributed by atoms with E-state index in [0.29, 0.717) is 11.3 Å². The lowest BCUT2D eigenvalue weighted by Gasteiger charge is -2.35. The second-order valence-electron chi connectivity index (χ2n) is 8.18. The lowest BCUT2D eigenvalue weighted by atomic mass is 9.83. The van der Waals surface area contributed by atoms with Gasteiger partial charge in [0.05, 0.1) is 10.9 Å². The standard InChI is InChI=1S/C23H19FN2O4/c1-12(2)11-26-21(28)20-18(19(27)14-10-13(24)8-9-17(14)30-20)23(26)15-6-4-5-7-16(15)25(3)22(23)29/h4-10,12H,11H2,1-3H3/t23-/m0/s1. The maximum absolute atomic E-state index is 13.9. The monoisotopic (exact) mass is 406 g/mol. The highest BCUT2D eigenvalue weighted by atomic mass is 19.1. The Balaban J connectivity index is 1.95. The van der Waals surface area contributed by atoms with Crippen LogP contribution >= 0.6 is 0 Å². The van der Waals surface area contributed by atoms with E-state index in [2.05, 4.69) is 0 Å². The van der Waals surface area contributed by atoms with Crippen molar-refractivity contribution in [3.05, 3.63) is 75.4 Å². The van der Waals surface area contributed by atoms with Gasteiger partial charge in [-0.3, -0.25) is 14.4 Å². The summed E-state index contributed by atoms with van der Waals surface area (Å²) in [7, 11) is 1.62. The van der Waals surface area contributed by atoms with E-state index in [1.807, 2.05) is 13.8 Å². The molecule has 2 aliphatic heterocycles. The molecule has 1 spiro atoms. The van der Waals surface area contributed by atoms with E-state index in [1.165, 1.54) is 21.9 Å². The number of amides is 2. The number of hydrogen-bond acceptors (Lipinski definition) is 4. The first-order valence-electron chi connectivity index (χ1n) is 9.75. The van der Waals surface area contributed by atoms with E-state index in [-0.39, 0.29) is 34.8 Å². The van der Waals surface area contributed by atoms with Crippen LogP contribution in [-0.2, 0) is 10.3 Å². The Morgan fingerprint density at radius 2 is 1.83 bits per heavy atom. The number of fused-ring (bicyclic) bond motifs is 5. The molecule has 1 atom stereocenters. The summed E-state index contributed by atoms with van der Waals surface area (Å²) in [6, 6.07) is 10.7. The van der Waals surface area contributed by atoms with Crippen molar-refractivity contribution in [2.24, 2.45) is 5.92 Å². The van der Waals surface area contributed by atoms with Gasteiger partial charge in [-0.05, 0) is 30.2 Å². The molecular weight excluding hydrogens is 387 g/mol. The summed E-state index contributed by atoms with van der Waals surface area (Å²) in [4.78, 5) is 43.7. The van der Waals surface area contributed by atoms with Gasteiger partial charge >= 0.3 is 0 Å². The van der Waals surface area contributed by atoms with Gasteiger partial charge in [-0.1, -0.05) is 32.0 Å². The van der Waals surface area contributed by atoms with Gasteiger partial charge in [-0.25, -0.2) is 4.39 Å². The van der Waals surface area contributed by atoms with E-state index < -0.39 is 28.6 Å². The van der Waals surface area contributed by atoms with Crippen molar-refractivity contribution in [2.45, 2.75) is 19.4 Å². The molecule has 2 amide bonds. The summed E-state index contributed by atoms with van der Waals surface area (Å²) in [6.45, 7) is 4.11. The highest BCUT2D eigenvalue weighted by Gasteiger charge is 2.64. The van der Waals surface area contributed by atoms with E-state index in [4.69, 9.17) is 4.42 Å². The number of anilines is 1. The number of halogens is 1. The van der Waals surface area contributed by atoms with Gasteiger partial charge < -0.3 is 14.2 Å². The summed E-state index contributed by atoms with van der Waals surface area (Å²) in [5.74, 6) is -1.63. The molecule has 0 aliphatic carbocycles. The average molecular weight is 406 g/mol. The Labute approximate surface area is 171 Å². The minimum Gasteiger partial charge on any atom is -0.450 e. The number of para-hydroxylation sites is 1. The van der Waals surface area contributed by atoms with E-state index in [1.54, 1.807) is 31.3 Å². The van der Waals surface area contributed by atoms with Gasteiger partial charge in [-0.15, -0.1) is 0 Å². The van der Waals surface area contributed by atoms with Gasteiger partial charge in [-0.2, -0.15) is 0 Å². The number of likely N-dealkylation sites (N-methyl/N-ethyl adjacent to an activating group) is 1. The van der Waals surface area contributed by atoms with Crippen molar-refractivity contribution >= 4 is 28.5 Å². The molecule has 2 aliphatic rings. The first-order chi connectivity index (χ1) is 14.3. The Morgan fingerprint density at radius 3 is 2.57 bits per heavy atom. The van der Waals surface area contributed by atoms with Crippen molar-refractivity contribution in [3.63, 3.8) is 0 Å². The summed E-state index contributed by atoms with van der Waals surface area (Å²) >= 11 is 0. The molecule has 1 aromatic heterocycles. The number of carbonyl (C=O) groups is 2. The molecule has 0 radical (unpaired) electrons. The van der Waals surface area contributed by atoms with Crippen LogP contribution < -0.4 is 10.3 Å². The molecule has 3 aromatic rings. The molecule has 0 unspecified atom stereocenters. The van der Waals surface area contributed by atoms with Crippen LogP contribution in [0, 0.1) is 11.7 Å². The van der Waals surface area contributed by atoms with Crippen LogP contribution in [0.15, 0.2) is 51.7 Å². The molecule has 0 fully saturated rings. The third-order valence-corrected chi connectivity index (χ3v) is 5.88. The van der Waals surface area contributed by atoms with Crippen molar-refractivity contribution < 1.29 is 18.4 Å². The number of hydrogen-bond donors (Lipinski definition) is 0. The molecule has 3 heterocycles. The minimum atomic E-state index is -1.62. The maximum atomic E-state index is 13.9. The van der Waals surface area contributed by atoms with E-state index >= 15 is 0 Å². The molecule has 0 saturated heterocycles. The smallest absolute Gasteiger partial charge is 0.291 e. The van der Waals surface area contributed by atoms with Crippen LogP contribution in [0.4, 0.5) is 10.1 Å². The maximum Gasteiger partial charge on any atom is 0.291 e. The van der Waals surface area contributed by atoms with Crippen LogP contribution in [0.1, 0.15) is 35.5 Å². The number of benzene rings is 2. The molecule has 0 saturated carbocycles. The van der Waals surface area contributed by atoms with Gasteiger partial charge in [0.15, 0.2) is 11.0 Å². The zero-order valence-electron chi connectivity index (χ0n) is 16.7. The lowest BCUT2D eigenvalue weighted by Crippen LogP contribution is -2.53. The van der Waals surface area contributed by atoms with Crippen LogP contribution in [0.3, 0.4) is 0 Å². The minimum absolute atomic E-state index is 0.00663. The van der Waals surface area contributed by atoms with Crippen molar-refractivity contribution in [1.82, 2.24) is 4.90 Å². The van der Waals surface area contributed by atoms with Gasteiger partial charge in [0.2, 0.25) is 5.76 Å². The zero-order valence-corrected chi connectivity index (χ0v) is 16.7. The number of carbonyl (C=O) groups excluding carboxylic acids is 2. The van der Waals surface area contributed by atoms with E-state index in [9.17, 15) is 18.8 Å². The predicted octanol–water partition coefficient (Wildman–Crippen LogP) is 3.26. The van der Waals surface area contributed by atoms with E-state index in [0.717, 1.165) is 6.07 Å². The molecule has 2 aromatic carbocycles. The van der Waals surface area contributed by atoms with Gasteiger partial charge in [0, 0.05) is 24.8 Å². The van der Waals surface area contributed by atoms with Crippen LogP contribution in [0.5, 0.6) is 0 Å². The Hall–Kier alpha value is -3.48. The van der Waals surface area contributed by atoms with Crippen LogP contribution in [0.2, 0.25) is 0 Å². The van der Waals surface area contributed by atoms with Crippen molar-refractivity contribution in [3.8, 4) is 0 Å². The highest BCUT2D eigenvalue weighted by molar-refractivity contribution is 6.16. The fourth-order valence-corrected chi connectivity index (χ4v) is 4.68. The molecule has 0 bridgehead atoms. The first kappa shape index (κ1) is 18.5. The van der Waals surface area contributed by atoms with Gasteiger partial charge in [0.1, 0.15) is 11.4 Å². The quantitative estimate of drug-likeness (QED) is 0.655. The van der Waals surface area contributed by atoms with Crippen LogP contribution in [0.25, 0.3) is 11.0 Å². The molecular formula is C23H19FN2O4. The highest BCUT2D eigenvalue weighted by Crippen LogP contribution is 2.52. The molecule has 7 heteroatoms. The molecule has 30 heavy (non-hydrogen) atoms. The topological polar surface area (TPSA) is 70.8 Å². The first-order valence-corrected chi connectivity index (χ1v) is 9.75. The van der Waals surface area contributed by atoms with Crippen LogP contribution in [-0.4, -0.2) is 30.3 Å². The fourth-order valence-electron chi connectivity index (χ4n) is 4.68. The average Bonchev–Trinajstić information content (AvgIpc) is 3.09. The molecule has 152 valence electrons. The largest absolute Gasteiger partial charge is 0.450 e. The molecule has 0 N–H and O–H groups in total. The third-order valence-electron chi connectivity index (χ3n) is 5.88. The molecule has 6 nitrogen and oxygen atoms in total. The third kappa shape index (κ3) is 2.09. The second kappa shape index (κ2) is 6.01. The lowest BCUT2D eigenvalue weighted by molar-refractivity contribution is -0.126. The summed E-state index contributed by atoms with van der Waals surface area (Å²) in [5, 5.41) is 0.00663. The number of rotatable bonds is 2.